The second-order valence-electron chi connectivity index (χ2n) is 8.79. The van der Waals surface area contributed by atoms with Crippen LogP contribution in [0.25, 0.3) is 12.2 Å². The molecule has 188 valence electrons. The molecular weight excluding hydrogens is 436 g/mol. The lowest BCUT2D eigenvalue weighted by Gasteiger charge is -2.04. The third-order valence-corrected chi connectivity index (χ3v) is 5.75. The minimum Gasteiger partial charge on any atom is -0.508 e. The van der Waals surface area contributed by atoms with Crippen LogP contribution in [0.3, 0.4) is 0 Å². The maximum atomic E-state index is 11.8. The van der Waals surface area contributed by atoms with Crippen LogP contribution in [0.5, 0.6) is 5.75 Å². The number of phenols is 1. The molecule has 0 aliphatic carbocycles. The van der Waals surface area contributed by atoms with Gasteiger partial charge in [0.05, 0.1) is 0 Å². The van der Waals surface area contributed by atoms with E-state index in [0.29, 0.717) is 6.54 Å². The SMILES string of the molecule is O=C(C=Cc1ccc(O)cc1)NCCCCCCCCCCCCNC(=O)/C=C/c1ccccc1. The van der Waals surface area contributed by atoms with Gasteiger partial charge in [0, 0.05) is 25.2 Å². The van der Waals surface area contributed by atoms with Crippen molar-refractivity contribution in [3.63, 3.8) is 0 Å². The van der Waals surface area contributed by atoms with Crippen molar-refractivity contribution < 1.29 is 14.7 Å². The average Bonchev–Trinajstić information content (AvgIpc) is 2.88. The van der Waals surface area contributed by atoms with Gasteiger partial charge in [-0.25, -0.2) is 0 Å². The molecule has 2 rings (SSSR count). The molecule has 0 heterocycles. The molecule has 0 unspecified atom stereocenters. The summed E-state index contributed by atoms with van der Waals surface area (Å²) < 4.78 is 0. The Morgan fingerprint density at radius 2 is 0.971 bits per heavy atom. The van der Waals surface area contributed by atoms with E-state index in [9.17, 15) is 14.7 Å². The zero-order valence-electron chi connectivity index (χ0n) is 20.8. The highest BCUT2D eigenvalue weighted by Gasteiger charge is 1.98. The molecule has 0 saturated heterocycles. The van der Waals surface area contributed by atoms with Crippen molar-refractivity contribution in [2.75, 3.05) is 13.1 Å². The van der Waals surface area contributed by atoms with Gasteiger partial charge in [-0.15, -0.1) is 0 Å². The van der Waals surface area contributed by atoms with Crippen molar-refractivity contribution in [1.29, 1.82) is 0 Å². The zero-order valence-corrected chi connectivity index (χ0v) is 20.8. The summed E-state index contributed by atoms with van der Waals surface area (Å²) in [7, 11) is 0. The number of unbranched alkanes of at least 4 members (excludes halogenated alkanes) is 9. The lowest BCUT2D eigenvalue weighted by atomic mass is 10.1. The molecule has 2 aromatic carbocycles. The van der Waals surface area contributed by atoms with Crippen LogP contribution >= 0.6 is 0 Å². The number of rotatable bonds is 17. The second kappa shape index (κ2) is 18.0. The first kappa shape index (κ1) is 27.9. The van der Waals surface area contributed by atoms with Gasteiger partial charge >= 0.3 is 0 Å². The summed E-state index contributed by atoms with van der Waals surface area (Å²) in [6, 6.07) is 16.6. The fourth-order valence-corrected chi connectivity index (χ4v) is 3.70. The Kier molecular flexibility index (Phi) is 14.4. The minimum atomic E-state index is -0.0821. The highest BCUT2D eigenvalue weighted by atomic mass is 16.3. The Morgan fingerprint density at radius 3 is 1.43 bits per heavy atom. The Morgan fingerprint density at radius 1 is 0.571 bits per heavy atom. The number of aromatic hydroxyl groups is 1. The van der Waals surface area contributed by atoms with Gasteiger partial charge in [-0.2, -0.15) is 0 Å². The van der Waals surface area contributed by atoms with Crippen LogP contribution in [0, 0.1) is 0 Å². The number of carbonyl (C=O) groups is 2. The van der Waals surface area contributed by atoms with Gasteiger partial charge < -0.3 is 15.7 Å². The third kappa shape index (κ3) is 14.5. The summed E-state index contributed by atoms with van der Waals surface area (Å²) in [5.74, 6) is 0.109. The lowest BCUT2D eigenvalue weighted by molar-refractivity contribution is -0.117. The van der Waals surface area contributed by atoms with Crippen molar-refractivity contribution in [3.8, 4) is 5.75 Å². The van der Waals surface area contributed by atoms with Gasteiger partial charge in [0.2, 0.25) is 11.8 Å². The van der Waals surface area contributed by atoms with Gasteiger partial charge in [0.1, 0.15) is 5.75 Å². The van der Waals surface area contributed by atoms with Crippen molar-refractivity contribution in [3.05, 3.63) is 77.9 Å². The van der Waals surface area contributed by atoms with E-state index < -0.39 is 0 Å². The number of nitrogens with one attached hydrogen (secondary N) is 2. The van der Waals surface area contributed by atoms with Crippen molar-refractivity contribution in [1.82, 2.24) is 10.6 Å². The van der Waals surface area contributed by atoms with Gasteiger partial charge in [-0.3, -0.25) is 9.59 Å². The van der Waals surface area contributed by atoms with E-state index in [1.807, 2.05) is 36.4 Å². The van der Waals surface area contributed by atoms with Gasteiger partial charge in [0.15, 0.2) is 0 Å². The second-order valence-corrected chi connectivity index (χ2v) is 8.79. The Bertz CT molecular complexity index is 905. The highest BCUT2D eigenvalue weighted by Crippen LogP contribution is 2.11. The van der Waals surface area contributed by atoms with E-state index in [1.165, 1.54) is 44.6 Å². The maximum Gasteiger partial charge on any atom is 0.243 e. The van der Waals surface area contributed by atoms with Crippen LogP contribution in [-0.4, -0.2) is 30.0 Å². The molecule has 0 fully saturated rings. The van der Waals surface area contributed by atoms with E-state index in [4.69, 9.17) is 0 Å². The summed E-state index contributed by atoms with van der Waals surface area (Å²) in [6.45, 7) is 1.44. The Balaban J connectivity index is 1.33. The first-order valence-electron chi connectivity index (χ1n) is 12.9. The number of hydrogen-bond acceptors (Lipinski definition) is 3. The number of hydrogen-bond donors (Lipinski definition) is 3. The van der Waals surface area contributed by atoms with Crippen LogP contribution in [0.4, 0.5) is 0 Å². The van der Waals surface area contributed by atoms with E-state index in [1.54, 1.807) is 36.4 Å². The molecule has 0 aliphatic rings. The molecule has 0 radical (unpaired) electrons. The quantitative estimate of drug-likeness (QED) is 0.186. The molecule has 0 aromatic heterocycles. The normalized spacial score (nSPS) is 11.2. The zero-order chi connectivity index (χ0) is 25.0. The number of phenolic OH excluding ortho intramolecular Hbond substituents is 1. The van der Waals surface area contributed by atoms with E-state index >= 15 is 0 Å². The molecule has 0 saturated carbocycles. The lowest BCUT2D eigenvalue weighted by Crippen LogP contribution is -2.21. The van der Waals surface area contributed by atoms with Crippen molar-refractivity contribution in [2.45, 2.75) is 64.2 Å². The van der Waals surface area contributed by atoms with Crippen molar-refractivity contribution >= 4 is 24.0 Å². The molecule has 0 spiro atoms. The number of carbonyl (C=O) groups excluding carboxylic acids is 2. The van der Waals surface area contributed by atoms with Crippen LogP contribution in [0.1, 0.15) is 75.3 Å². The monoisotopic (exact) mass is 476 g/mol. The smallest absolute Gasteiger partial charge is 0.243 e. The average molecular weight is 477 g/mol. The van der Waals surface area contributed by atoms with E-state index in [-0.39, 0.29) is 17.6 Å². The number of amides is 2. The third-order valence-electron chi connectivity index (χ3n) is 5.75. The summed E-state index contributed by atoms with van der Waals surface area (Å²) in [5, 5.41) is 15.1. The molecule has 5 nitrogen and oxygen atoms in total. The predicted molar refractivity (Wildman–Crippen MR) is 145 cm³/mol. The summed E-state index contributed by atoms with van der Waals surface area (Å²) in [5.41, 5.74) is 1.92. The van der Waals surface area contributed by atoms with Crippen LogP contribution in [0.2, 0.25) is 0 Å². The molecule has 0 atom stereocenters. The standard InChI is InChI=1S/C30H40N2O3/c33-28-20-16-27(17-21-28)19-23-30(35)32-25-13-8-6-4-2-1-3-5-7-12-24-31-29(34)22-18-26-14-10-9-11-15-26/h9-11,14-23,33H,1-8,12-13,24-25H2,(H,31,34)(H,32,35)/b22-18+,23-19?. The molecule has 0 bridgehead atoms. The van der Waals surface area contributed by atoms with Crippen LogP contribution < -0.4 is 10.6 Å². The van der Waals surface area contributed by atoms with Gasteiger partial charge in [-0.05, 0) is 48.3 Å². The summed E-state index contributed by atoms with van der Waals surface area (Å²) in [6.07, 6.45) is 18.5. The first-order chi connectivity index (χ1) is 17.1. The number of benzene rings is 2. The molecule has 2 aromatic rings. The molecule has 35 heavy (non-hydrogen) atoms. The van der Waals surface area contributed by atoms with E-state index in [2.05, 4.69) is 10.6 Å². The highest BCUT2D eigenvalue weighted by molar-refractivity contribution is 5.92. The largest absolute Gasteiger partial charge is 0.508 e. The maximum absolute atomic E-state index is 11.8. The molecular formula is C30H40N2O3. The fraction of sp³-hybridized carbons (Fsp3) is 0.400. The minimum absolute atomic E-state index is 0.0287. The molecule has 0 aliphatic heterocycles. The molecule has 5 heteroatoms. The molecule has 2 amide bonds. The summed E-state index contributed by atoms with van der Waals surface area (Å²) >= 11 is 0. The first-order valence-corrected chi connectivity index (χ1v) is 12.9. The summed E-state index contributed by atoms with van der Waals surface area (Å²) in [4.78, 5) is 23.6. The fourth-order valence-electron chi connectivity index (χ4n) is 3.70. The van der Waals surface area contributed by atoms with Gasteiger partial charge in [-0.1, -0.05) is 93.8 Å². The van der Waals surface area contributed by atoms with Crippen LogP contribution in [-0.2, 0) is 9.59 Å². The van der Waals surface area contributed by atoms with E-state index in [0.717, 1.165) is 43.4 Å². The van der Waals surface area contributed by atoms with Gasteiger partial charge in [0.25, 0.3) is 0 Å². The van der Waals surface area contributed by atoms with Crippen molar-refractivity contribution in [2.24, 2.45) is 0 Å². The Labute approximate surface area is 210 Å². The molecule has 3 N–H and O–H groups in total. The topological polar surface area (TPSA) is 78.4 Å². The van der Waals surface area contributed by atoms with Crippen LogP contribution in [0.15, 0.2) is 66.7 Å². The Hall–Kier alpha value is -3.34. The predicted octanol–water partition coefficient (Wildman–Crippen LogP) is 6.25.